The molecule has 29 heteroatoms. The number of phenols is 3. The third-order valence-electron chi connectivity index (χ3n) is 27.2. The summed E-state index contributed by atoms with van der Waals surface area (Å²) in [7, 11) is 0. The number of hydrogen-bond donors (Lipinski definition) is 7. The smallest absolute Gasteiger partial charge is 0.407 e. The van der Waals surface area contributed by atoms with Crippen LogP contribution < -0.4 is 31.5 Å². The number of nitrogens with zero attached hydrogens (tertiary/aromatic N) is 12. The molecule has 0 atom stereocenters. The van der Waals surface area contributed by atoms with E-state index in [1.165, 1.54) is 35.3 Å². The lowest BCUT2D eigenvalue weighted by molar-refractivity contribution is -0.131. The van der Waals surface area contributed by atoms with Crippen LogP contribution in [-0.4, -0.2) is 126 Å². The van der Waals surface area contributed by atoms with Gasteiger partial charge in [-0.25, -0.2) is 37.3 Å². The van der Waals surface area contributed by atoms with Gasteiger partial charge in [0, 0.05) is 180 Å². The summed E-state index contributed by atoms with van der Waals surface area (Å²) in [5.74, 6) is -3.92. The average molecular weight is 2060 g/mol. The minimum absolute atomic E-state index is 0. The van der Waals surface area contributed by atoms with Gasteiger partial charge in [-0.1, -0.05) is 145 Å². The van der Waals surface area contributed by atoms with Crippen LogP contribution in [0.25, 0.3) is 179 Å². The van der Waals surface area contributed by atoms with Crippen molar-refractivity contribution in [2.24, 2.45) is 11.5 Å². The third-order valence-corrected chi connectivity index (χ3v) is 27.7. The van der Waals surface area contributed by atoms with E-state index in [4.69, 9.17) is 51.3 Å². The van der Waals surface area contributed by atoms with Crippen LogP contribution in [0.1, 0.15) is 89.0 Å². The number of halogens is 4. The highest BCUT2D eigenvalue weighted by molar-refractivity contribution is 9.10. The maximum absolute atomic E-state index is 14.4. The highest BCUT2D eigenvalue weighted by atomic mass is 79.9. The number of carbonyl (C=O) groups excluding carboxylic acids is 3. The number of alkyl carbamates (subject to hydrolysis) is 1. The summed E-state index contributed by atoms with van der Waals surface area (Å²) in [6.45, 7) is 45.0. The molecule has 4 aliphatic rings. The van der Waals surface area contributed by atoms with E-state index in [0.29, 0.717) is 106 Å². The van der Waals surface area contributed by atoms with Crippen LogP contribution in [0.3, 0.4) is 0 Å². The molecule has 0 unspecified atom stereocenters. The Morgan fingerprint density at radius 1 is 0.447 bits per heavy atom. The highest BCUT2D eigenvalue weighted by Gasteiger charge is 2.34. The summed E-state index contributed by atoms with van der Waals surface area (Å²) in [6, 6.07) is 66.8. The maximum Gasteiger partial charge on any atom is 0.407 e. The van der Waals surface area contributed by atoms with E-state index in [1.807, 2.05) is 157 Å². The number of rotatable bonds is 10. The number of phenolic OH excluding ortho intramolecular Hbond substituents is 3. The molecule has 0 radical (unpaired) electrons. The largest absolute Gasteiger partial charge is 0.518 e. The molecule has 19 aromatic rings. The predicted molar refractivity (Wildman–Crippen MR) is 590 cm³/mol. The number of Topliss-reactive ketones (excluding diaryl/α,β-unsaturated/α-hetero) is 1. The molecule has 10 heterocycles. The van der Waals surface area contributed by atoms with E-state index >= 15 is 0 Å². The summed E-state index contributed by atoms with van der Waals surface area (Å²) in [6.07, 6.45) is 14.6. The molecule has 3 fully saturated rings. The molecule has 748 valence electrons. The molecule has 7 aromatic heterocycles. The Morgan fingerprint density at radius 3 is 1.58 bits per heavy atom. The topological polar surface area (TPSA) is 323 Å². The van der Waals surface area contributed by atoms with Gasteiger partial charge in [-0.3, -0.25) is 34.5 Å². The Bertz CT molecular complexity index is 8880. The van der Waals surface area contributed by atoms with Gasteiger partial charge in [0.1, 0.15) is 62.8 Å². The number of nitrogens with one attached hydrogen (secondary N) is 1. The third kappa shape index (κ3) is 20.9. The fourth-order valence-corrected chi connectivity index (χ4v) is 20.1. The Labute approximate surface area is 870 Å². The molecule has 1 amide bonds. The van der Waals surface area contributed by atoms with Crippen LogP contribution in [0, 0.1) is 64.5 Å². The molecule has 12 aromatic carbocycles. The number of ketones is 2. The molecule has 3 aliphatic heterocycles. The number of para-hydroxylation sites is 5. The monoisotopic (exact) mass is 2060 g/mol. The number of carbonyl (C=O) groups is 3. The lowest BCUT2D eigenvalue weighted by atomic mass is 9.92. The van der Waals surface area contributed by atoms with Crippen LogP contribution in [0.15, 0.2) is 286 Å². The number of aromatic hydroxyl groups is 3. The lowest BCUT2D eigenvalue weighted by Gasteiger charge is -2.36. The number of pyridine rings is 5. The number of anilines is 3. The van der Waals surface area contributed by atoms with Crippen LogP contribution in [-0.2, 0) is 14.3 Å². The zero-order valence-corrected chi connectivity index (χ0v) is 83.4. The summed E-state index contributed by atoms with van der Waals surface area (Å²) in [5.41, 5.74) is 31.6. The molecule has 1 aliphatic carbocycles. The first-order valence-electron chi connectivity index (χ1n) is 48.4. The van der Waals surface area contributed by atoms with Crippen molar-refractivity contribution in [3.8, 4) is 72.9 Å². The number of aliphatic hydroxyl groups is 1. The van der Waals surface area contributed by atoms with Crippen molar-refractivity contribution >= 4 is 172 Å². The Balaban J connectivity index is 0.000000125. The van der Waals surface area contributed by atoms with Crippen molar-refractivity contribution in [2.45, 2.75) is 111 Å². The number of benzene rings is 12. The second-order valence-electron chi connectivity index (χ2n) is 38.2. The molecule has 23 rings (SSSR count). The van der Waals surface area contributed by atoms with Gasteiger partial charge in [0.05, 0.1) is 71.4 Å². The van der Waals surface area contributed by atoms with E-state index in [-0.39, 0.29) is 59.5 Å². The van der Waals surface area contributed by atoms with Crippen molar-refractivity contribution in [1.82, 2.24) is 30.2 Å². The zero-order chi connectivity index (χ0) is 104. The van der Waals surface area contributed by atoms with E-state index in [2.05, 4.69) is 105 Å². The molecular formula is C121H101BrF3N15O10. The summed E-state index contributed by atoms with van der Waals surface area (Å²) in [4.78, 5) is 79.6. The Kier molecular flexibility index (Phi) is 29.3. The normalized spacial score (nSPS) is 14.1. The lowest BCUT2D eigenvalue weighted by Crippen LogP contribution is -2.46. The van der Waals surface area contributed by atoms with Crippen LogP contribution >= 0.6 is 15.9 Å². The Morgan fingerprint density at radius 2 is 0.947 bits per heavy atom. The van der Waals surface area contributed by atoms with Crippen LogP contribution in [0.4, 0.5) is 52.1 Å². The fourth-order valence-electron chi connectivity index (χ4n) is 19.8. The molecule has 25 nitrogen and oxygen atoms in total. The number of aromatic nitrogens is 5. The molecular weight excluding hydrogens is 1960 g/mol. The number of hydrogen-bond acceptors (Lipinski definition) is 20. The van der Waals surface area contributed by atoms with Gasteiger partial charge in [0.2, 0.25) is 28.6 Å². The molecule has 9 N–H and O–H groups in total. The van der Waals surface area contributed by atoms with Gasteiger partial charge in [-0.2, -0.15) is 0 Å². The molecule has 0 spiro atoms. The minimum atomic E-state index is -1.03. The van der Waals surface area contributed by atoms with Gasteiger partial charge in [-0.05, 0) is 233 Å². The van der Waals surface area contributed by atoms with Crippen molar-refractivity contribution in [3.63, 3.8) is 0 Å². The first kappa shape index (κ1) is 102. The number of piperidine rings is 3. The number of nitrogens with two attached hydrogens (primary N) is 2. The summed E-state index contributed by atoms with van der Waals surface area (Å²) in [5, 5.41) is 53.7. The molecule has 0 bridgehead atoms. The number of ether oxygens (including phenoxy) is 1. The van der Waals surface area contributed by atoms with Crippen molar-refractivity contribution in [1.29, 1.82) is 0 Å². The highest BCUT2D eigenvalue weighted by Crippen LogP contribution is 2.49. The SMILES string of the molecule is C.Cc1cccc(-c2cnc3ccc(-c4cc(F)cc(F)c4)cc3c2N2CCC(NC(=O)OC(C)(C)C)CC2)c1O.NC1CCN(c2ccnc3ccc(Br)cc23)CC1.[C-]#[N+]C1=C(O)C(c2ccc3ncc(-c4cc(C)cc(F)c4)c(N4CCC(N)CC4)c3c2)=CC(=O)C1=O.[C-]#[N+]c1cccc(-c2ccc3ncc4c5cccc([N+]#[C-])c5oc4c3c2)c1O.[C-]#[N+]c1cccc(-c2ccc3ncc4oc5c(C)cccc5c4c3c2)c1O. The molecule has 0 saturated carbocycles. The predicted octanol–water partition coefficient (Wildman–Crippen LogP) is 28.4. The van der Waals surface area contributed by atoms with Crippen molar-refractivity contribution in [3.05, 3.63) is 363 Å². The first-order valence-corrected chi connectivity index (χ1v) is 49.2. The fraction of sp³-hybridized carbons (Fsp3) is 0.190. The number of allylic oxidation sites excluding steroid dienone is 3. The number of furan rings is 2. The van der Waals surface area contributed by atoms with Crippen LogP contribution in [0.2, 0.25) is 0 Å². The quantitative estimate of drug-likeness (QED) is 0.0380. The van der Waals surface area contributed by atoms with E-state index in [1.54, 1.807) is 85.5 Å². The zero-order valence-electron chi connectivity index (χ0n) is 81.8. The maximum atomic E-state index is 14.4. The standard InChI is InChI=1S/C32H33F2N3O3.C28H23FN4O3.C23H11N3O2.C23H14N2O2.C14H16BrN3.CH4/c1-19-6-5-7-25(30(19)38)27-18-35-28-9-8-20(21-14-22(33)17-23(34)15-21)16-26(28)29(27)37-12-10-24(11-13-37)36-31(39)40-32(2,3)4;1-15-9-17(11-18(29)10-15)22-14-32-23-4-3-16(20-13-24(34)28(36)25(31-2)27(20)35)12-21(23)26(22)33-7-5-19(30)6-8-33;1-24-19-7-3-5-14(21(19)27)13-9-10-18-16(11-13)22-17(12-26-18)15-6-4-8-20(25-2)23(15)28-22;1-13-5-3-7-16-21-17-11-14(15-6-4-8-19(24-2)22(15)26)9-10-18(17)25-12-20(21)27-23(13)16;15-10-1-2-13-12(9-10)14(3-6-17-13)18-7-4-11(16)5-8-18;/h5-9,14-18,24,38H,10-13H2,1-4H3,(H,36,39);3-4,9-14,19,35H,5-8,30H2,1H3;3-12,27H;3-12,26H,1H3;1-3,6,9,11H,4-5,7-8,16H2;1H4. The van der Waals surface area contributed by atoms with Gasteiger partial charge in [-0.15, -0.1) is 0 Å². The second kappa shape index (κ2) is 43.0. The van der Waals surface area contributed by atoms with E-state index in [9.17, 15) is 48.0 Å². The summed E-state index contributed by atoms with van der Waals surface area (Å²) >= 11 is 3.53. The first-order chi connectivity index (χ1) is 71.9. The van der Waals surface area contributed by atoms with Gasteiger partial charge < -0.3 is 65.5 Å². The average Bonchev–Trinajstić information content (AvgIpc) is 1.57. The Hall–Kier alpha value is -17.9. The second-order valence-corrected chi connectivity index (χ2v) is 39.1. The van der Waals surface area contributed by atoms with E-state index in [0.717, 1.165) is 182 Å². The van der Waals surface area contributed by atoms with Crippen molar-refractivity contribution in [2.75, 3.05) is 54.0 Å². The number of aliphatic hydroxyl groups excluding tert-OH is 1. The molecule has 150 heavy (non-hydrogen) atoms. The van der Waals surface area contributed by atoms with Crippen LogP contribution in [0.5, 0.6) is 17.2 Å². The van der Waals surface area contributed by atoms with Gasteiger partial charge in [0.15, 0.2) is 5.58 Å². The van der Waals surface area contributed by atoms with Gasteiger partial charge in [0.25, 0.3) is 5.70 Å². The van der Waals surface area contributed by atoms with Crippen molar-refractivity contribution < 1.29 is 61.6 Å². The number of fused-ring (bicyclic) bond motifs is 13. The number of amides is 1. The minimum Gasteiger partial charge on any atom is -0.518 e. The summed E-state index contributed by atoms with van der Waals surface area (Å²) < 4.78 is 61.1. The molecule has 3 saturated heterocycles. The van der Waals surface area contributed by atoms with Gasteiger partial charge >= 0.3 is 6.09 Å². The number of aryl methyl sites for hydroxylation is 3. The van der Waals surface area contributed by atoms with E-state index < -0.39 is 46.4 Å².